The summed E-state index contributed by atoms with van der Waals surface area (Å²) in [5.74, 6) is 2.30. The summed E-state index contributed by atoms with van der Waals surface area (Å²) >= 11 is 0. The Labute approximate surface area is 161 Å². The van der Waals surface area contributed by atoms with E-state index in [1.165, 1.54) is 5.56 Å². The molecule has 1 saturated carbocycles. The van der Waals surface area contributed by atoms with E-state index in [0.29, 0.717) is 17.8 Å². The van der Waals surface area contributed by atoms with Crippen molar-refractivity contribution in [3.8, 4) is 0 Å². The Morgan fingerprint density at radius 2 is 1.85 bits per heavy atom. The minimum atomic E-state index is -0.455. The van der Waals surface area contributed by atoms with Gasteiger partial charge in [-0.25, -0.2) is 4.79 Å². The molecule has 2 fully saturated rings. The van der Waals surface area contributed by atoms with E-state index in [0.717, 1.165) is 25.5 Å². The largest absolute Gasteiger partial charge is 0.444 e. The number of carbonyl (C=O) groups is 1. The molecule has 146 valence electrons. The Morgan fingerprint density at radius 1 is 1.22 bits per heavy atom. The number of fused-ring (bicyclic) bond motifs is 1. The second kappa shape index (κ2) is 6.14. The minimum absolute atomic E-state index is 0.209. The van der Waals surface area contributed by atoms with E-state index < -0.39 is 11.3 Å². The van der Waals surface area contributed by atoms with E-state index in [-0.39, 0.29) is 6.09 Å². The minimum Gasteiger partial charge on any atom is -0.444 e. The number of piperidine rings is 1. The molecule has 1 aromatic rings. The maximum Gasteiger partial charge on any atom is 0.410 e. The Hall–Kier alpha value is -2.24. The summed E-state index contributed by atoms with van der Waals surface area (Å²) in [5.41, 5.74) is 0.334. The highest BCUT2D eigenvalue weighted by molar-refractivity contribution is 5.89. The fraction of sp³-hybridized carbons (Fsp3) is 0.619. The molecule has 1 amide bonds. The van der Waals surface area contributed by atoms with Gasteiger partial charge in [-0.05, 0) is 52.0 Å². The van der Waals surface area contributed by atoms with Crippen LogP contribution in [0, 0.1) is 17.8 Å². The summed E-state index contributed by atoms with van der Waals surface area (Å²) in [6.45, 7) is 12.1. The second-order valence-corrected chi connectivity index (χ2v) is 9.30. The van der Waals surface area contributed by atoms with Gasteiger partial charge in [-0.3, -0.25) is 0 Å². The lowest BCUT2D eigenvalue weighted by Gasteiger charge is -2.32. The lowest BCUT2D eigenvalue weighted by atomic mass is 10.1. The Balaban J connectivity index is 1.41. The number of oxime groups is 1. The number of benzene rings is 1. The van der Waals surface area contributed by atoms with Crippen LogP contribution in [0.3, 0.4) is 0 Å². The van der Waals surface area contributed by atoms with Gasteiger partial charge in [0.2, 0.25) is 5.72 Å². The molecule has 0 radical (unpaired) electrons. The van der Waals surface area contributed by atoms with E-state index in [2.05, 4.69) is 48.2 Å². The predicted octanol–water partition coefficient (Wildman–Crippen LogP) is 3.68. The molecule has 0 N–H and O–H groups in total. The molecule has 1 saturated heterocycles. The highest BCUT2D eigenvalue weighted by Crippen LogP contribution is 2.54. The monoisotopic (exact) mass is 371 g/mol. The van der Waals surface area contributed by atoms with Crippen molar-refractivity contribution in [2.45, 2.75) is 52.5 Å². The van der Waals surface area contributed by atoms with Gasteiger partial charge in [0.05, 0.1) is 0 Å². The number of hydrogen-bond donors (Lipinski definition) is 0. The van der Waals surface area contributed by atoms with E-state index in [1.807, 2.05) is 31.7 Å². The van der Waals surface area contributed by atoms with Crippen molar-refractivity contribution in [3.63, 3.8) is 0 Å². The van der Waals surface area contributed by atoms with Gasteiger partial charge < -0.3 is 19.4 Å². The number of carbonyl (C=O) groups excluding carboxylic acids is 1. The maximum absolute atomic E-state index is 12.3. The summed E-state index contributed by atoms with van der Waals surface area (Å²) < 4.78 is 5.51. The highest BCUT2D eigenvalue weighted by Gasteiger charge is 2.62. The molecule has 4 rings (SSSR count). The molecule has 27 heavy (non-hydrogen) atoms. The first-order valence-corrected chi connectivity index (χ1v) is 9.71. The lowest BCUT2D eigenvalue weighted by Crippen LogP contribution is -2.45. The van der Waals surface area contributed by atoms with Crippen LogP contribution in [0.5, 0.6) is 0 Å². The zero-order valence-electron chi connectivity index (χ0n) is 16.8. The lowest BCUT2D eigenvalue weighted by molar-refractivity contribution is -0.0719. The van der Waals surface area contributed by atoms with E-state index >= 15 is 0 Å². The molecule has 1 aromatic carbocycles. The van der Waals surface area contributed by atoms with Crippen molar-refractivity contribution in [1.82, 2.24) is 9.80 Å². The third-order valence-electron chi connectivity index (χ3n) is 5.62. The SMILES string of the molecule is CC(C)(C)OC(=O)N1C[C@@H]2C(C3=NOC(C)(C)N3Cc3ccccc3)[C@@H]2C1. The second-order valence-electron chi connectivity index (χ2n) is 9.30. The van der Waals surface area contributed by atoms with Gasteiger partial charge in [-0.1, -0.05) is 35.5 Å². The van der Waals surface area contributed by atoms with Gasteiger partial charge >= 0.3 is 6.09 Å². The standard InChI is InChI=1S/C21H29N3O3/c1-20(2,3)26-19(25)23-12-15-16(13-23)17(15)18-22-27-21(4,5)24(18)11-14-9-7-6-8-10-14/h6-10,15-17H,11-13H2,1-5H3/t15-,16+,17?. The molecule has 3 aliphatic rings. The van der Waals surface area contributed by atoms with Crippen molar-refractivity contribution >= 4 is 11.9 Å². The number of amides is 1. The molecule has 3 atom stereocenters. The average Bonchev–Trinajstić information content (AvgIpc) is 2.93. The number of nitrogens with zero attached hydrogens (tertiary/aromatic N) is 3. The van der Waals surface area contributed by atoms with E-state index in [1.54, 1.807) is 0 Å². The van der Waals surface area contributed by atoms with Gasteiger partial charge in [-0.2, -0.15) is 0 Å². The number of ether oxygens (including phenoxy) is 1. The van der Waals surface area contributed by atoms with Crippen molar-refractivity contribution in [2.24, 2.45) is 22.9 Å². The molecular weight excluding hydrogens is 342 g/mol. The van der Waals surface area contributed by atoms with Gasteiger partial charge in [0.25, 0.3) is 0 Å². The van der Waals surface area contributed by atoms with Gasteiger partial charge in [0.1, 0.15) is 5.60 Å². The van der Waals surface area contributed by atoms with Gasteiger partial charge in [-0.15, -0.1) is 0 Å². The summed E-state index contributed by atoms with van der Waals surface area (Å²) in [5, 5.41) is 4.45. The first-order valence-electron chi connectivity index (χ1n) is 9.71. The van der Waals surface area contributed by atoms with Crippen LogP contribution in [0.1, 0.15) is 40.2 Å². The Bertz CT molecular complexity index is 742. The average molecular weight is 371 g/mol. The molecule has 2 aliphatic heterocycles. The Kier molecular flexibility index (Phi) is 4.13. The predicted molar refractivity (Wildman–Crippen MR) is 103 cm³/mol. The zero-order chi connectivity index (χ0) is 19.4. The normalized spacial score (nSPS) is 28.5. The molecule has 1 aliphatic carbocycles. The third kappa shape index (κ3) is 3.49. The summed E-state index contributed by atoms with van der Waals surface area (Å²) in [4.78, 5) is 22.2. The van der Waals surface area contributed by atoms with Gasteiger partial charge in [0, 0.05) is 25.6 Å². The smallest absolute Gasteiger partial charge is 0.410 e. The molecule has 6 nitrogen and oxygen atoms in total. The van der Waals surface area contributed by atoms with Crippen molar-refractivity contribution in [3.05, 3.63) is 35.9 Å². The maximum atomic E-state index is 12.3. The first-order chi connectivity index (χ1) is 12.7. The number of rotatable bonds is 3. The van der Waals surface area contributed by atoms with Crippen LogP contribution in [-0.2, 0) is 16.1 Å². The highest BCUT2D eigenvalue weighted by atomic mass is 16.7. The van der Waals surface area contributed by atoms with Crippen molar-refractivity contribution < 1.29 is 14.4 Å². The molecule has 0 bridgehead atoms. The Morgan fingerprint density at radius 3 is 2.44 bits per heavy atom. The zero-order valence-corrected chi connectivity index (χ0v) is 16.8. The van der Waals surface area contributed by atoms with Gasteiger partial charge in [0.15, 0.2) is 5.84 Å². The first kappa shape index (κ1) is 18.1. The number of hydrogen-bond acceptors (Lipinski definition) is 5. The number of likely N-dealkylation sites (tertiary alicyclic amines) is 1. The number of amidine groups is 1. The molecule has 2 heterocycles. The van der Waals surface area contributed by atoms with Crippen LogP contribution in [0.2, 0.25) is 0 Å². The van der Waals surface area contributed by atoms with Crippen LogP contribution in [0.25, 0.3) is 0 Å². The van der Waals surface area contributed by atoms with E-state index in [4.69, 9.17) is 9.57 Å². The van der Waals surface area contributed by atoms with Crippen LogP contribution < -0.4 is 0 Å². The van der Waals surface area contributed by atoms with Crippen LogP contribution in [0.15, 0.2) is 35.5 Å². The fourth-order valence-corrected chi connectivity index (χ4v) is 4.20. The summed E-state index contributed by atoms with van der Waals surface area (Å²) in [7, 11) is 0. The third-order valence-corrected chi connectivity index (χ3v) is 5.62. The molecular formula is C21H29N3O3. The summed E-state index contributed by atoms with van der Waals surface area (Å²) in [6.07, 6.45) is -0.209. The summed E-state index contributed by atoms with van der Waals surface area (Å²) in [6, 6.07) is 10.4. The van der Waals surface area contributed by atoms with Crippen molar-refractivity contribution in [1.29, 1.82) is 0 Å². The van der Waals surface area contributed by atoms with Crippen LogP contribution in [0.4, 0.5) is 4.79 Å². The van der Waals surface area contributed by atoms with Crippen LogP contribution >= 0.6 is 0 Å². The molecule has 1 unspecified atom stereocenters. The van der Waals surface area contributed by atoms with Crippen molar-refractivity contribution in [2.75, 3.05) is 13.1 Å². The molecule has 0 aromatic heterocycles. The molecule has 6 heteroatoms. The van der Waals surface area contributed by atoms with Crippen LogP contribution in [-0.4, -0.2) is 46.1 Å². The fourth-order valence-electron chi connectivity index (χ4n) is 4.20. The topological polar surface area (TPSA) is 54.4 Å². The van der Waals surface area contributed by atoms with E-state index in [9.17, 15) is 4.79 Å². The molecule has 0 spiro atoms. The quantitative estimate of drug-likeness (QED) is 0.813.